The molecule has 1 unspecified atom stereocenters. The van der Waals surface area contributed by atoms with Gasteiger partial charge < -0.3 is 15.3 Å². The maximum atomic E-state index is 11.9. The van der Waals surface area contributed by atoms with Crippen LogP contribution in [0.5, 0.6) is 0 Å². The normalized spacial score (nSPS) is 21.5. The molecule has 98 valence electrons. The van der Waals surface area contributed by atoms with Crippen LogP contribution in [-0.2, 0) is 9.59 Å². The molecule has 0 bridgehead atoms. The summed E-state index contributed by atoms with van der Waals surface area (Å²) in [6, 6.07) is 0. The summed E-state index contributed by atoms with van der Waals surface area (Å²) in [5, 5.41) is 11.6. The molecule has 1 saturated heterocycles. The molecule has 0 spiro atoms. The smallest absolute Gasteiger partial charge is 0.304 e. The van der Waals surface area contributed by atoms with Crippen molar-refractivity contribution in [3.63, 3.8) is 0 Å². The summed E-state index contributed by atoms with van der Waals surface area (Å²) in [4.78, 5) is 24.7. The van der Waals surface area contributed by atoms with Crippen molar-refractivity contribution in [3.05, 3.63) is 0 Å². The van der Waals surface area contributed by atoms with Gasteiger partial charge in [-0.1, -0.05) is 13.8 Å². The summed E-state index contributed by atoms with van der Waals surface area (Å²) in [6.07, 6.45) is 0.958. The number of nitrogens with one attached hydrogen (secondary N) is 1. The monoisotopic (exact) mass is 242 g/mol. The largest absolute Gasteiger partial charge is 0.481 e. The molecule has 0 radical (unpaired) electrons. The number of carbonyl (C=O) groups is 2. The van der Waals surface area contributed by atoms with Crippen LogP contribution < -0.4 is 5.32 Å². The van der Waals surface area contributed by atoms with E-state index >= 15 is 0 Å². The van der Waals surface area contributed by atoms with Gasteiger partial charge in [-0.2, -0.15) is 0 Å². The van der Waals surface area contributed by atoms with E-state index in [0.717, 1.165) is 19.5 Å². The van der Waals surface area contributed by atoms with E-state index in [1.165, 1.54) is 0 Å². The van der Waals surface area contributed by atoms with Crippen molar-refractivity contribution in [1.29, 1.82) is 0 Å². The molecule has 0 aliphatic carbocycles. The highest BCUT2D eigenvalue weighted by Crippen LogP contribution is 2.21. The number of aliphatic carboxylic acids is 1. The average molecular weight is 242 g/mol. The van der Waals surface area contributed by atoms with E-state index in [1.807, 2.05) is 0 Å². The Bertz CT molecular complexity index is 302. The first-order valence-electron chi connectivity index (χ1n) is 6.00. The van der Waals surface area contributed by atoms with Crippen LogP contribution >= 0.6 is 0 Å². The Hall–Kier alpha value is -1.10. The lowest BCUT2D eigenvalue weighted by atomic mass is 9.88. The quantitative estimate of drug-likeness (QED) is 0.739. The molecule has 1 rings (SSSR count). The molecule has 0 saturated carbocycles. The van der Waals surface area contributed by atoms with Gasteiger partial charge in [-0.3, -0.25) is 9.59 Å². The zero-order valence-corrected chi connectivity index (χ0v) is 10.8. The number of carboxylic acids is 1. The van der Waals surface area contributed by atoms with E-state index in [9.17, 15) is 9.59 Å². The molecule has 0 aromatic carbocycles. The van der Waals surface area contributed by atoms with E-state index in [4.69, 9.17) is 5.11 Å². The minimum Gasteiger partial charge on any atom is -0.481 e. The first-order chi connectivity index (χ1) is 7.81. The number of likely N-dealkylation sites (tertiary alicyclic amines) is 1. The molecule has 2 N–H and O–H groups in total. The highest BCUT2D eigenvalue weighted by Gasteiger charge is 2.31. The molecular weight excluding hydrogens is 220 g/mol. The van der Waals surface area contributed by atoms with Crippen LogP contribution in [0.4, 0.5) is 0 Å². The van der Waals surface area contributed by atoms with Gasteiger partial charge in [0.2, 0.25) is 5.91 Å². The van der Waals surface area contributed by atoms with Crippen molar-refractivity contribution in [2.24, 2.45) is 11.3 Å². The van der Waals surface area contributed by atoms with E-state index in [0.29, 0.717) is 12.5 Å². The van der Waals surface area contributed by atoms with Gasteiger partial charge in [0.25, 0.3) is 0 Å². The van der Waals surface area contributed by atoms with E-state index in [1.54, 1.807) is 13.8 Å². The summed E-state index contributed by atoms with van der Waals surface area (Å²) >= 11 is 0. The Morgan fingerprint density at radius 1 is 1.47 bits per heavy atom. The lowest BCUT2D eigenvalue weighted by Gasteiger charge is -2.22. The third-order valence-electron chi connectivity index (χ3n) is 3.25. The molecule has 1 heterocycles. The van der Waals surface area contributed by atoms with Crippen LogP contribution in [0.2, 0.25) is 0 Å². The average Bonchev–Trinajstić information content (AvgIpc) is 2.58. The molecule has 0 aromatic heterocycles. The van der Waals surface area contributed by atoms with Gasteiger partial charge in [0.1, 0.15) is 0 Å². The number of rotatable bonds is 5. The Morgan fingerprint density at radius 3 is 2.59 bits per heavy atom. The van der Waals surface area contributed by atoms with Crippen LogP contribution in [0.25, 0.3) is 0 Å². The molecular formula is C12H22N2O3. The first kappa shape index (κ1) is 14.0. The molecule has 0 aromatic rings. The molecule has 1 fully saturated rings. The summed E-state index contributed by atoms with van der Waals surface area (Å²) in [6.45, 7) is 6.04. The SMILES string of the molecule is CN1CCC(CNC(=O)C(C)(C)CC(=O)O)C1. The molecule has 1 amide bonds. The van der Waals surface area contributed by atoms with Gasteiger partial charge in [-0.05, 0) is 25.9 Å². The van der Waals surface area contributed by atoms with Crippen LogP contribution in [0, 0.1) is 11.3 Å². The second kappa shape index (κ2) is 5.49. The zero-order valence-electron chi connectivity index (χ0n) is 10.8. The fourth-order valence-corrected chi connectivity index (χ4v) is 2.13. The number of nitrogens with zero attached hydrogens (tertiary/aromatic N) is 1. The van der Waals surface area contributed by atoms with Gasteiger partial charge in [0.05, 0.1) is 11.8 Å². The summed E-state index contributed by atoms with van der Waals surface area (Å²) in [5.41, 5.74) is -0.837. The fourth-order valence-electron chi connectivity index (χ4n) is 2.13. The summed E-state index contributed by atoms with van der Waals surface area (Å²) < 4.78 is 0. The van der Waals surface area contributed by atoms with Gasteiger partial charge in [-0.15, -0.1) is 0 Å². The fraction of sp³-hybridized carbons (Fsp3) is 0.833. The van der Waals surface area contributed by atoms with Crippen molar-refractivity contribution in [1.82, 2.24) is 10.2 Å². The predicted octanol–water partition coefficient (Wildman–Crippen LogP) is 0.555. The van der Waals surface area contributed by atoms with Gasteiger partial charge >= 0.3 is 5.97 Å². The van der Waals surface area contributed by atoms with Crippen LogP contribution in [0.3, 0.4) is 0 Å². The third-order valence-corrected chi connectivity index (χ3v) is 3.25. The first-order valence-corrected chi connectivity index (χ1v) is 6.00. The zero-order chi connectivity index (χ0) is 13.1. The number of carboxylic acid groups (broad SMARTS) is 1. The Kier molecular flexibility index (Phi) is 4.51. The summed E-state index contributed by atoms with van der Waals surface area (Å²) in [7, 11) is 2.07. The Morgan fingerprint density at radius 2 is 2.12 bits per heavy atom. The second-order valence-corrected chi connectivity index (χ2v) is 5.58. The maximum absolute atomic E-state index is 11.9. The number of amides is 1. The predicted molar refractivity (Wildman–Crippen MR) is 64.6 cm³/mol. The van der Waals surface area contributed by atoms with Crippen LogP contribution in [0.15, 0.2) is 0 Å². The van der Waals surface area contributed by atoms with Crippen molar-refractivity contribution in [2.75, 3.05) is 26.7 Å². The van der Waals surface area contributed by atoms with Crippen molar-refractivity contribution in [2.45, 2.75) is 26.7 Å². The highest BCUT2D eigenvalue weighted by molar-refractivity contribution is 5.86. The third kappa shape index (κ3) is 4.34. The Balaban J connectivity index is 2.36. The standard InChI is InChI=1S/C12H22N2O3/c1-12(2,6-10(15)16)11(17)13-7-9-4-5-14(3)8-9/h9H,4-8H2,1-3H3,(H,13,17)(H,15,16). The lowest BCUT2D eigenvalue weighted by molar-refractivity contribution is -0.144. The highest BCUT2D eigenvalue weighted by atomic mass is 16.4. The minimum atomic E-state index is -0.939. The van der Waals surface area contributed by atoms with E-state index in [-0.39, 0.29) is 12.3 Å². The Labute approximate surface area is 102 Å². The van der Waals surface area contributed by atoms with Crippen molar-refractivity contribution >= 4 is 11.9 Å². The van der Waals surface area contributed by atoms with E-state index in [2.05, 4.69) is 17.3 Å². The topological polar surface area (TPSA) is 69.6 Å². The number of carbonyl (C=O) groups excluding carboxylic acids is 1. The molecule has 1 atom stereocenters. The van der Waals surface area contributed by atoms with Crippen LogP contribution in [0.1, 0.15) is 26.7 Å². The second-order valence-electron chi connectivity index (χ2n) is 5.58. The molecule has 5 nitrogen and oxygen atoms in total. The molecule has 1 aliphatic heterocycles. The van der Waals surface area contributed by atoms with Crippen LogP contribution in [-0.4, -0.2) is 48.6 Å². The summed E-state index contributed by atoms with van der Waals surface area (Å²) in [5.74, 6) is -0.621. The molecule has 1 aliphatic rings. The van der Waals surface area contributed by atoms with Gasteiger partial charge in [-0.25, -0.2) is 0 Å². The van der Waals surface area contributed by atoms with Crippen molar-refractivity contribution < 1.29 is 14.7 Å². The van der Waals surface area contributed by atoms with E-state index < -0.39 is 11.4 Å². The van der Waals surface area contributed by atoms with Gasteiger partial charge in [0.15, 0.2) is 0 Å². The maximum Gasteiger partial charge on any atom is 0.304 e. The number of hydrogen-bond donors (Lipinski definition) is 2. The molecule has 17 heavy (non-hydrogen) atoms. The van der Waals surface area contributed by atoms with Gasteiger partial charge in [0, 0.05) is 13.1 Å². The molecule has 5 heteroatoms. The minimum absolute atomic E-state index is 0.136. The van der Waals surface area contributed by atoms with Crippen molar-refractivity contribution in [3.8, 4) is 0 Å². The number of hydrogen-bond acceptors (Lipinski definition) is 3. The lowest BCUT2D eigenvalue weighted by Crippen LogP contribution is -2.40.